The molecule has 0 bridgehead atoms. The Bertz CT molecular complexity index is 384. The molecule has 5 nitrogen and oxygen atoms in total. The highest BCUT2D eigenvalue weighted by molar-refractivity contribution is 7.09. The third-order valence-electron chi connectivity index (χ3n) is 3.69. The van der Waals surface area contributed by atoms with Crippen molar-refractivity contribution in [2.24, 2.45) is 0 Å². The molecule has 1 aliphatic rings. The molecule has 1 N–H and O–H groups in total. The van der Waals surface area contributed by atoms with Crippen LogP contribution in [-0.2, 0) is 4.74 Å². The molecule has 2 rings (SSSR count). The molecule has 2 heterocycles. The molecule has 0 amide bonds. The first-order chi connectivity index (χ1) is 8.60. The number of ether oxygens (including phenoxy) is 1. The second-order valence-corrected chi connectivity index (χ2v) is 5.78. The van der Waals surface area contributed by atoms with E-state index in [1.165, 1.54) is 11.5 Å². The maximum absolute atomic E-state index is 5.22. The van der Waals surface area contributed by atoms with Crippen LogP contribution < -0.4 is 5.32 Å². The number of methoxy groups -OCH3 is 1. The van der Waals surface area contributed by atoms with Crippen LogP contribution in [0.5, 0.6) is 0 Å². The lowest BCUT2D eigenvalue weighted by Gasteiger charge is -2.35. The summed E-state index contributed by atoms with van der Waals surface area (Å²) in [4.78, 5) is 6.88. The van der Waals surface area contributed by atoms with E-state index >= 15 is 0 Å². The van der Waals surface area contributed by atoms with Crippen LogP contribution >= 0.6 is 11.5 Å². The highest BCUT2D eigenvalue weighted by Gasteiger charge is 2.23. The third kappa shape index (κ3) is 3.18. The molecule has 6 heteroatoms. The number of piperidine rings is 1. The summed E-state index contributed by atoms with van der Waals surface area (Å²) in [5.74, 6) is 0.769. The zero-order valence-electron chi connectivity index (χ0n) is 11.5. The number of nitrogens with zero attached hydrogens (tertiary/aromatic N) is 3. The van der Waals surface area contributed by atoms with Gasteiger partial charge in [0.2, 0.25) is 5.13 Å². The van der Waals surface area contributed by atoms with Crippen LogP contribution in [0.2, 0.25) is 0 Å². The molecule has 3 unspecified atom stereocenters. The maximum Gasteiger partial charge on any atom is 0.202 e. The zero-order valence-corrected chi connectivity index (χ0v) is 12.3. The van der Waals surface area contributed by atoms with Crippen molar-refractivity contribution in [3.05, 3.63) is 5.82 Å². The van der Waals surface area contributed by atoms with Gasteiger partial charge in [0, 0.05) is 37.3 Å². The zero-order chi connectivity index (χ0) is 13.1. The number of rotatable bonds is 4. The number of aromatic nitrogens is 2. The lowest BCUT2D eigenvalue weighted by molar-refractivity contribution is 0.113. The Morgan fingerprint density at radius 2 is 2.33 bits per heavy atom. The average Bonchev–Trinajstić information content (AvgIpc) is 2.81. The normalized spacial score (nSPS) is 27.1. The summed E-state index contributed by atoms with van der Waals surface area (Å²) in [7, 11) is 3.86. The first-order valence-corrected chi connectivity index (χ1v) is 7.20. The third-order valence-corrected chi connectivity index (χ3v) is 4.36. The van der Waals surface area contributed by atoms with E-state index in [4.69, 9.17) is 4.74 Å². The van der Waals surface area contributed by atoms with Gasteiger partial charge in [0.15, 0.2) is 5.82 Å². The number of likely N-dealkylation sites (tertiary alicyclic amines) is 1. The molecule has 102 valence electrons. The van der Waals surface area contributed by atoms with Crippen molar-refractivity contribution in [1.29, 1.82) is 0 Å². The largest absolute Gasteiger partial charge is 0.374 e. The SMILES string of the molecule is COC(C)c1nsc(NC2CCN(C)C(C)C2)n1. The van der Waals surface area contributed by atoms with Gasteiger partial charge in [-0.1, -0.05) is 0 Å². The van der Waals surface area contributed by atoms with Crippen molar-refractivity contribution in [3.8, 4) is 0 Å². The lowest BCUT2D eigenvalue weighted by atomic mass is 9.99. The molecule has 1 fully saturated rings. The fraction of sp³-hybridized carbons (Fsp3) is 0.833. The van der Waals surface area contributed by atoms with Gasteiger partial charge in [-0.3, -0.25) is 0 Å². The Morgan fingerprint density at radius 3 is 3.00 bits per heavy atom. The summed E-state index contributed by atoms with van der Waals surface area (Å²) >= 11 is 1.42. The Labute approximate surface area is 113 Å². The average molecular weight is 270 g/mol. The van der Waals surface area contributed by atoms with Crippen molar-refractivity contribution in [1.82, 2.24) is 14.3 Å². The minimum atomic E-state index is -0.0341. The maximum atomic E-state index is 5.22. The van der Waals surface area contributed by atoms with Gasteiger partial charge < -0.3 is 15.0 Å². The van der Waals surface area contributed by atoms with Gasteiger partial charge in [0.05, 0.1) is 0 Å². The van der Waals surface area contributed by atoms with Gasteiger partial charge in [-0.15, -0.1) is 0 Å². The molecule has 0 spiro atoms. The minimum Gasteiger partial charge on any atom is -0.374 e. The Balaban J connectivity index is 1.91. The van der Waals surface area contributed by atoms with Crippen LogP contribution in [0.4, 0.5) is 5.13 Å². The van der Waals surface area contributed by atoms with E-state index in [0.29, 0.717) is 12.1 Å². The van der Waals surface area contributed by atoms with Crippen LogP contribution in [0.25, 0.3) is 0 Å². The Kier molecular flexibility index (Phi) is 4.53. The van der Waals surface area contributed by atoms with Gasteiger partial charge in [-0.2, -0.15) is 4.37 Å². The molecule has 3 atom stereocenters. The summed E-state index contributed by atoms with van der Waals surface area (Å²) in [5, 5.41) is 4.41. The summed E-state index contributed by atoms with van der Waals surface area (Å²) in [6, 6.07) is 1.14. The summed E-state index contributed by atoms with van der Waals surface area (Å²) in [6.45, 7) is 5.37. The molecule has 1 aromatic heterocycles. The molecular weight excluding hydrogens is 248 g/mol. The highest BCUT2D eigenvalue weighted by atomic mass is 32.1. The van der Waals surface area contributed by atoms with E-state index in [9.17, 15) is 0 Å². The van der Waals surface area contributed by atoms with Crippen molar-refractivity contribution < 1.29 is 4.74 Å². The van der Waals surface area contributed by atoms with Crippen LogP contribution in [0.3, 0.4) is 0 Å². The van der Waals surface area contributed by atoms with Crippen molar-refractivity contribution in [3.63, 3.8) is 0 Å². The Morgan fingerprint density at radius 1 is 1.56 bits per heavy atom. The van der Waals surface area contributed by atoms with Gasteiger partial charge in [-0.25, -0.2) is 4.98 Å². The van der Waals surface area contributed by atoms with E-state index in [1.807, 2.05) is 6.92 Å². The molecule has 1 aromatic rings. The van der Waals surface area contributed by atoms with Gasteiger partial charge in [0.1, 0.15) is 6.10 Å². The number of hydrogen-bond donors (Lipinski definition) is 1. The quantitative estimate of drug-likeness (QED) is 0.908. The summed E-state index contributed by atoms with van der Waals surface area (Å²) in [5.41, 5.74) is 0. The molecule has 1 saturated heterocycles. The standard InChI is InChI=1S/C12H22N4OS/c1-8-7-10(5-6-16(8)3)13-12-14-11(15-18-12)9(2)17-4/h8-10H,5-7H2,1-4H3,(H,13,14,15). The van der Waals surface area contributed by atoms with Crippen LogP contribution in [0, 0.1) is 0 Å². The van der Waals surface area contributed by atoms with Gasteiger partial charge in [-0.05, 0) is 33.7 Å². The van der Waals surface area contributed by atoms with E-state index in [1.54, 1.807) is 7.11 Å². The van der Waals surface area contributed by atoms with E-state index < -0.39 is 0 Å². The van der Waals surface area contributed by atoms with Crippen LogP contribution in [0.15, 0.2) is 0 Å². The number of hydrogen-bond acceptors (Lipinski definition) is 6. The fourth-order valence-electron chi connectivity index (χ4n) is 2.16. The monoisotopic (exact) mass is 270 g/mol. The molecule has 1 aliphatic heterocycles. The van der Waals surface area contributed by atoms with E-state index in [0.717, 1.165) is 30.3 Å². The predicted octanol–water partition coefficient (Wildman–Crippen LogP) is 2.14. The molecule has 0 radical (unpaired) electrons. The van der Waals surface area contributed by atoms with Crippen LogP contribution in [-0.4, -0.2) is 47.0 Å². The topological polar surface area (TPSA) is 50.3 Å². The predicted molar refractivity (Wildman–Crippen MR) is 74.1 cm³/mol. The second kappa shape index (κ2) is 5.95. The molecule has 0 aromatic carbocycles. The van der Waals surface area contributed by atoms with Gasteiger partial charge >= 0.3 is 0 Å². The van der Waals surface area contributed by atoms with Crippen molar-refractivity contribution >= 4 is 16.7 Å². The molecular formula is C12H22N4OS. The molecule has 0 aliphatic carbocycles. The van der Waals surface area contributed by atoms with Crippen molar-refractivity contribution in [2.45, 2.75) is 44.9 Å². The fourth-order valence-corrected chi connectivity index (χ4v) is 2.88. The van der Waals surface area contributed by atoms with E-state index in [2.05, 4.69) is 33.5 Å². The first-order valence-electron chi connectivity index (χ1n) is 6.43. The highest BCUT2D eigenvalue weighted by Crippen LogP contribution is 2.23. The van der Waals surface area contributed by atoms with Crippen LogP contribution in [0.1, 0.15) is 38.6 Å². The molecule has 0 saturated carbocycles. The smallest absolute Gasteiger partial charge is 0.202 e. The number of nitrogens with one attached hydrogen (secondary N) is 1. The summed E-state index contributed by atoms with van der Waals surface area (Å²) in [6.07, 6.45) is 2.29. The van der Waals surface area contributed by atoms with Gasteiger partial charge in [0.25, 0.3) is 0 Å². The Hall–Kier alpha value is -0.720. The second-order valence-electron chi connectivity index (χ2n) is 5.03. The summed E-state index contributed by atoms with van der Waals surface area (Å²) < 4.78 is 9.54. The number of anilines is 1. The lowest BCUT2D eigenvalue weighted by Crippen LogP contribution is -2.42. The molecule has 18 heavy (non-hydrogen) atoms. The first kappa shape index (κ1) is 13.7. The van der Waals surface area contributed by atoms with E-state index in [-0.39, 0.29) is 6.10 Å². The minimum absolute atomic E-state index is 0.0341. The van der Waals surface area contributed by atoms with Crippen molar-refractivity contribution in [2.75, 3.05) is 26.0 Å².